The van der Waals surface area contributed by atoms with Gasteiger partial charge in [0.25, 0.3) is 0 Å². The van der Waals surface area contributed by atoms with Gasteiger partial charge in [-0.05, 0) is 25.5 Å². The highest BCUT2D eigenvalue weighted by Gasteiger charge is 2.39. The number of carbonyl (C=O) groups excluding carboxylic acids is 2. The Morgan fingerprint density at radius 1 is 1.39 bits per heavy atom. The third-order valence-electron chi connectivity index (χ3n) is 4.11. The van der Waals surface area contributed by atoms with Gasteiger partial charge in [-0.15, -0.1) is 0 Å². The first kappa shape index (κ1) is 13.7. The van der Waals surface area contributed by atoms with Crippen LogP contribution in [0.15, 0.2) is 0 Å². The molecule has 2 rings (SSSR count). The molecular formula is C13H22N2O2S. The van der Waals surface area contributed by atoms with Crippen molar-refractivity contribution in [3.05, 3.63) is 0 Å². The number of nitrogens with one attached hydrogen (secondary N) is 1. The molecule has 1 saturated heterocycles. The number of hydrogen-bond acceptors (Lipinski definition) is 3. The summed E-state index contributed by atoms with van der Waals surface area (Å²) in [5.41, 5.74) is 0. The Kier molecular flexibility index (Phi) is 4.20. The third-order valence-corrected chi connectivity index (χ3v) is 5.52. The smallest absolute Gasteiger partial charge is 0.245 e. The molecule has 1 N–H and O–H groups in total. The molecule has 2 fully saturated rings. The topological polar surface area (TPSA) is 49.4 Å². The van der Waals surface area contributed by atoms with Crippen LogP contribution in [0.5, 0.6) is 0 Å². The van der Waals surface area contributed by atoms with Crippen molar-refractivity contribution in [3.8, 4) is 0 Å². The zero-order valence-corrected chi connectivity index (χ0v) is 12.0. The minimum atomic E-state index is -0.313. The molecule has 2 amide bonds. The predicted octanol–water partition coefficient (Wildman–Crippen LogP) is 1.40. The Labute approximate surface area is 113 Å². The van der Waals surface area contributed by atoms with Gasteiger partial charge in [-0.3, -0.25) is 9.59 Å². The maximum Gasteiger partial charge on any atom is 0.245 e. The number of amides is 2. The molecule has 0 bridgehead atoms. The van der Waals surface area contributed by atoms with E-state index < -0.39 is 0 Å². The summed E-state index contributed by atoms with van der Waals surface area (Å²) in [6, 6.07) is -0.313. The van der Waals surface area contributed by atoms with Crippen LogP contribution in [0, 0.1) is 0 Å². The minimum absolute atomic E-state index is 0.0179. The highest BCUT2D eigenvalue weighted by molar-refractivity contribution is 8.00. The second-order valence-electron chi connectivity index (χ2n) is 5.32. The summed E-state index contributed by atoms with van der Waals surface area (Å²) < 4.78 is 0.186. The molecule has 4 nitrogen and oxygen atoms in total. The quantitative estimate of drug-likeness (QED) is 0.840. The van der Waals surface area contributed by atoms with Gasteiger partial charge in [-0.25, -0.2) is 0 Å². The number of carbonyl (C=O) groups is 2. The molecule has 0 spiro atoms. The minimum Gasteiger partial charge on any atom is -0.343 e. The lowest BCUT2D eigenvalue weighted by Crippen LogP contribution is -2.60. The number of piperazine rings is 1. The Balaban J connectivity index is 2.07. The average Bonchev–Trinajstić information content (AvgIpc) is 2.82. The van der Waals surface area contributed by atoms with E-state index in [1.165, 1.54) is 12.8 Å². The lowest BCUT2D eigenvalue weighted by molar-refractivity contribution is -0.144. The molecule has 1 saturated carbocycles. The van der Waals surface area contributed by atoms with E-state index in [9.17, 15) is 9.59 Å². The van der Waals surface area contributed by atoms with Crippen molar-refractivity contribution in [1.82, 2.24) is 10.2 Å². The molecule has 102 valence electrons. The van der Waals surface area contributed by atoms with Crippen LogP contribution in [0.1, 0.15) is 39.0 Å². The summed E-state index contributed by atoms with van der Waals surface area (Å²) >= 11 is 1.86. The van der Waals surface area contributed by atoms with Crippen LogP contribution in [0.4, 0.5) is 0 Å². The molecule has 0 aromatic carbocycles. The Morgan fingerprint density at radius 2 is 2.06 bits per heavy atom. The highest BCUT2D eigenvalue weighted by Crippen LogP contribution is 2.41. The fraction of sp³-hybridized carbons (Fsp3) is 0.846. The number of rotatable bonds is 4. The van der Waals surface area contributed by atoms with Crippen LogP contribution in [0.25, 0.3) is 0 Å². The lowest BCUT2D eigenvalue weighted by Gasteiger charge is -2.38. The van der Waals surface area contributed by atoms with Gasteiger partial charge in [0.2, 0.25) is 11.8 Å². The first-order valence-electron chi connectivity index (χ1n) is 6.73. The van der Waals surface area contributed by atoms with Gasteiger partial charge in [0.05, 0.1) is 6.54 Å². The molecule has 0 aromatic heterocycles. The van der Waals surface area contributed by atoms with Crippen molar-refractivity contribution in [2.45, 2.75) is 49.8 Å². The summed E-state index contributed by atoms with van der Waals surface area (Å²) in [5.74, 6) is 0.0770. The maximum absolute atomic E-state index is 12.2. The van der Waals surface area contributed by atoms with Gasteiger partial charge in [-0.1, -0.05) is 19.8 Å². The maximum atomic E-state index is 12.2. The molecule has 0 radical (unpaired) electrons. The van der Waals surface area contributed by atoms with Crippen molar-refractivity contribution in [2.24, 2.45) is 0 Å². The van der Waals surface area contributed by atoms with E-state index in [1.54, 1.807) is 4.90 Å². The molecule has 1 heterocycles. The molecule has 1 atom stereocenters. The van der Waals surface area contributed by atoms with Crippen LogP contribution in [0.3, 0.4) is 0 Å². The molecule has 1 aliphatic heterocycles. The summed E-state index contributed by atoms with van der Waals surface area (Å²) in [5, 5.41) is 2.76. The van der Waals surface area contributed by atoms with Gasteiger partial charge in [0.1, 0.15) is 6.04 Å². The van der Waals surface area contributed by atoms with Gasteiger partial charge >= 0.3 is 0 Å². The molecule has 18 heavy (non-hydrogen) atoms. The zero-order valence-electron chi connectivity index (χ0n) is 11.2. The van der Waals surface area contributed by atoms with Crippen molar-refractivity contribution in [1.29, 1.82) is 0 Å². The molecule has 0 aromatic rings. The normalized spacial score (nSPS) is 27.4. The fourth-order valence-electron chi connectivity index (χ4n) is 2.98. The predicted molar refractivity (Wildman–Crippen MR) is 73.5 cm³/mol. The van der Waals surface area contributed by atoms with Crippen molar-refractivity contribution in [3.63, 3.8) is 0 Å². The zero-order chi connectivity index (χ0) is 13.2. The third kappa shape index (κ3) is 2.66. The van der Waals surface area contributed by atoms with E-state index in [4.69, 9.17) is 0 Å². The van der Waals surface area contributed by atoms with Gasteiger partial charge < -0.3 is 10.2 Å². The number of thioether (sulfide) groups is 1. The second-order valence-corrected chi connectivity index (χ2v) is 6.59. The largest absolute Gasteiger partial charge is 0.343 e. The van der Waals surface area contributed by atoms with Gasteiger partial charge in [0, 0.05) is 11.3 Å². The van der Waals surface area contributed by atoms with Crippen LogP contribution < -0.4 is 5.32 Å². The summed E-state index contributed by atoms with van der Waals surface area (Å²) in [7, 11) is 0. The summed E-state index contributed by atoms with van der Waals surface area (Å²) in [4.78, 5) is 25.7. The van der Waals surface area contributed by atoms with E-state index in [-0.39, 0.29) is 29.1 Å². The first-order chi connectivity index (χ1) is 8.60. The van der Waals surface area contributed by atoms with Crippen LogP contribution in [0.2, 0.25) is 0 Å². The fourth-order valence-corrected chi connectivity index (χ4v) is 3.96. The average molecular weight is 270 g/mol. The molecule has 2 aliphatic rings. The molecular weight excluding hydrogens is 248 g/mol. The number of hydrogen-bond donors (Lipinski definition) is 1. The second kappa shape index (κ2) is 5.51. The van der Waals surface area contributed by atoms with Crippen molar-refractivity contribution < 1.29 is 9.59 Å². The van der Waals surface area contributed by atoms with E-state index >= 15 is 0 Å². The molecule has 1 unspecified atom stereocenters. The monoisotopic (exact) mass is 270 g/mol. The standard InChI is InChI=1S/C13H22N2O2S/c1-3-10-12(17)15(8-11(16)14-10)9-13(18-2)6-4-5-7-13/h10H,3-9H2,1-2H3,(H,14,16). The lowest BCUT2D eigenvalue weighted by atomic mass is 10.0. The first-order valence-corrected chi connectivity index (χ1v) is 7.96. The Bertz CT molecular complexity index is 340. The van der Waals surface area contributed by atoms with Gasteiger partial charge in [-0.2, -0.15) is 11.8 Å². The molecule has 5 heteroatoms. The van der Waals surface area contributed by atoms with Crippen LogP contribution in [-0.2, 0) is 9.59 Å². The van der Waals surface area contributed by atoms with Crippen LogP contribution in [-0.4, -0.2) is 46.8 Å². The Morgan fingerprint density at radius 3 is 2.61 bits per heavy atom. The Hall–Kier alpha value is -0.710. The van der Waals surface area contributed by atoms with Gasteiger partial charge in [0.15, 0.2) is 0 Å². The van der Waals surface area contributed by atoms with E-state index in [2.05, 4.69) is 11.6 Å². The highest BCUT2D eigenvalue weighted by atomic mass is 32.2. The molecule has 1 aliphatic carbocycles. The SMILES string of the molecule is CCC1NC(=O)CN(CC2(SC)CCCC2)C1=O. The van der Waals surface area contributed by atoms with Crippen LogP contribution >= 0.6 is 11.8 Å². The van der Waals surface area contributed by atoms with Crippen molar-refractivity contribution >= 4 is 23.6 Å². The van der Waals surface area contributed by atoms with E-state index in [0.29, 0.717) is 6.42 Å². The number of nitrogens with zero attached hydrogens (tertiary/aromatic N) is 1. The summed E-state index contributed by atoms with van der Waals surface area (Å²) in [6.45, 7) is 2.90. The van der Waals surface area contributed by atoms with E-state index in [0.717, 1.165) is 19.4 Å². The van der Waals surface area contributed by atoms with E-state index in [1.807, 2.05) is 18.7 Å². The summed E-state index contributed by atoms with van der Waals surface area (Å²) in [6.07, 6.45) is 7.61. The van der Waals surface area contributed by atoms with Crippen molar-refractivity contribution in [2.75, 3.05) is 19.3 Å².